The van der Waals surface area contributed by atoms with Crippen molar-refractivity contribution in [1.29, 1.82) is 0 Å². The van der Waals surface area contributed by atoms with Crippen LogP contribution in [0.3, 0.4) is 0 Å². The molecule has 0 aliphatic carbocycles. The lowest BCUT2D eigenvalue weighted by Gasteiger charge is -2.16. The first-order valence-electron chi connectivity index (χ1n) is 7.39. The van der Waals surface area contributed by atoms with Crippen molar-refractivity contribution in [3.8, 4) is 5.75 Å². The zero-order chi connectivity index (χ0) is 16.7. The van der Waals surface area contributed by atoms with Crippen LogP contribution in [-0.2, 0) is 17.9 Å². The van der Waals surface area contributed by atoms with E-state index in [9.17, 15) is 9.18 Å². The number of nitrogens with one attached hydrogen (secondary N) is 1. The Hall–Kier alpha value is -2.40. The number of methoxy groups -OCH3 is 1. The second-order valence-corrected chi connectivity index (χ2v) is 5.43. The summed E-state index contributed by atoms with van der Waals surface area (Å²) >= 11 is 0. The molecular formula is C18H21FN2O2. The number of carbonyl (C=O) groups is 1. The van der Waals surface area contributed by atoms with E-state index in [0.29, 0.717) is 13.1 Å². The Balaban J connectivity index is 1.77. The summed E-state index contributed by atoms with van der Waals surface area (Å²) in [6.07, 6.45) is 0. The van der Waals surface area contributed by atoms with Gasteiger partial charge in [0.05, 0.1) is 13.7 Å². The summed E-state index contributed by atoms with van der Waals surface area (Å²) < 4.78 is 18.2. The highest BCUT2D eigenvalue weighted by atomic mass is 19.1. The third-order valence-electron chi connectivity index (χ3n) is 3.40. The summed E-state index contributed by atoms with van der Waals surface area (Å²) in [4.78, 5) is 13.8. The highest BCUT2D eigenvalue weighted by Crippen LogP contribution is 2.11. The SMILES string of the molecule is COc1ccc(CNC(=O)CN(C)Cc2cccc(F)c2)cc1. The second kappa shape index (κ2) is 8.29. The molecular weight excluding hydrogens is 295 g/mol. The fraction of sp³-hybridized carbons (Fsp3) is 0.278. The van der Waals surface area contributed by atoms with Crippen molar-refractivity contribution in [3.05, 3.63) is 65.5 Å². The number of benzene rings is 2. The molecule has 0 aliphatic heterocycles. The third kappa shape index (κ3) is 5.71. The zero-order valence-corrected chi connectivity index (χ0v) is 13.4. The predicted molar refractivity (Wildman–Crippen MR) is 87.6 cm³/mol. The summed E-state index contributed by atoms with van der Waals surface area (Å²) in [7, 11) is 3.45. The number of likely N-dealkylation sites (N-methyl/N-ethyl adjacent to an activating group) is 1. The van der Waals surface area contributed by atoms with E-state index in [1.54, 1.807) is 13.2 Å². The molecule has 0 atom stereocenters. The van der Waals surface area contributed by atoms with Gasteiger partial charge >= 0.3 is 0 Å². The molecule has 2 aromatic carbocycles. The lowest BCUT2D eigenvalue weighted by atomic mass is 10.2. The molecule has 0 aromatic heterocycles. The number of nitrogens with zero attached hydrogens (tertiary/aromatic N) is 1. The molecule has 5 heteroatoms. The standard InChI is InChI=1S/C18H21FN2O2/c1-21(12-15-4-3-5-16(19)10-15)13-18(22)20-11-14-6-8-17(23-2)9-7-14/h3-10H,11-13H2,1-2H3,(H,20,22). The Kier molecular flexibility index (Phi) is 6.11. The number of rotatable bonds is 7. The quantitative estimate of drug-likeness (QED) is 0.854. The smallest absolute Gasteiger partial charge is 0.234 e. The van der Waals surface area contributed by atoms with Crippen LogP contribution in [0.4, 0.5) is 4.39 Å². The zero-order valence-electron chi connectivity index (χ0n) is 13.4. The molecule has 0 saturated heterocycles. The summed E-state index contributed by atoms with van der Waals surface area (Å²) in [5, 5.41) is 2.87. The van der Waals surface area contributed by atoms with Crippen LogP contribution in [0.2, 0.25) is 0 Å². The Morgan fingerprint density at radius 2 is 1.91 bits per heavy atom. The Morgan fingerprint density at radius 1 is 1.17 bits per heavy atom. The molecule has 2 aromatic rings. The molecule has 0 heterocycles. The maximum atomic E-state index is 13.1. The normalized spacial score (nSPS) is 10.6. The van der Waals surface area contributed by atoms with Crippen LogP contribution in [0.15, 0.2) is 48.5 Å². The molecule has 4 nitrogen and oxygen atoms in total. The van der Waals surface area contributed by atoms with Crippen molar-refractivity contribution in [2.24, 2.45) is 0 Å². The maximum absolute atomic E-state index is 13.1. The number of amides is 1. The first kappa shape index (κ1) is 17.0. The van der Waals surface area contributed by atoms with Crippen molar-refractivity contribution in [1.82, 2.24) is 10.2 Å². The van der Waals surface area contributed by atoms with Gasteiger partial charge in [-0.3, -0.25) is 9.69 Å². The first-order valence-corrected chi connectivity index (χ1v) is 7.39. The van der Waals surface area contributed by atoms with E-state index >= 15 is 0 Å². The van der Waals surface area contributed by atoms with E-state index < -0.39 is 0 Å². The lowest BCUT2D eigenvalue weighted by Crippen LogP contribution is -2.34. The molecule has 0 radical (unpaired) electrons. The number of hydrogen-bond acceptors (Lipinski definition) is 3. The van der Waals surface area contributed by atoms with Gasteiger partial charge in [0, 0.05) is 13.1 Å². The minimum atomic E-state index is -0.264. The predicted octanol–water partition coefficient (Wildman–Crippen LogP) is 2.58. The van der Waals surface area contributed by atoms with E-state index in [1.807, 2.05) is 42.3 Å². The van der Waals surface area contributed by atoms with Crippen molar-refractivity contribution in [2.75, 3.05) is 20.7 Å². The van der Waals surface area contributed by atoms with Gasteiger partial charge < -0.3 is 10.1 Å². The van der Waals surface area contributed by atoms with Crippen LogP contribution in [-0.4, -0.2) is 31.5 Å². The molecule has 1 N–H and O–H groups in total. The topological polar surface area (TPSA) is 41.6 Å². The molecule has 122 valence electrons. The molecule has 0 fully saturated rings. The van der Waals surface area contributed by atoms with E-state index in [1.165, 1.54) is 12.1 Å². The van der Waals surface area contributed by atoms with Gasteiger partial charge in [-0.15, -0.1) is 0 Å². The third-order valence-corrected chi connectivity index (χ3v) is 3.40. The molecule has 0 aliphatic rings. The van der Waals surface area contributed by atoms with Crippen LogP contribution in [0.25, 0.3) is 0 Å². The van der Waals surface area contributed by atoms with Crippen molar-refractivity contribution in [3.63, 3.8) is 0 Å². The van der Waals surface area contributed by atoms with Gasteiger partial charge in [-0.05, 0) is 42.4 Å². The van der Waals surface area contributed by atoms with E-state index in [4.69, 9.17) is 4.74 Å². The average Bonchev–Trinajstić information content (AvgIpc) is 2.53. The number of halogens is 1. The van der Waals surface area contributed by atoms with Crippen LogP contribution < -0.4 is 10.1 Å². The molecule has 0 bridgehead atoms. The van der Waals surface area contributed by atoms with Crippen LogP contribution in [0.1, 0.15) is 11.1 Å². The number of ether oxygens (including phenoxy) is 1. The average molecular weight is 316 g/mol. The first-order chi connectivity index (χ1) is 11.1. The van der Waals surface area contributed by atoms with E-state index in [-0.39, 0.29) is 18.3 Å². The lowest BCUT2D eigenvalue weighted by molar-refractivity contribution is -0.122. The monoisotopic (exact) mass is 316 g/mol. The minimum absolute atomic E-state index is 0.0697. The van der Waals surface area contributed by atoms with Crippen LogP contribution in [0, 0.1) is 5.82 Å². The molecule has 23 heavy (non-hydrogen) atoms. The fourth-order valence-corrected chi connectivity index (χ4v) is 2.25. The van der Waals surface area contributed by atoms with Gasteiger partial charge in [0.15, 0.2) is 0 Å². The molecule has 1 amide bonds. The summed E-state index contributed by atoms with van der Waals surface area (Å²) in [6.45, 7) is 1.25. The van der Waals surface area contributed by atoms with Crippen LogP contribution in [0.5, 0.6) is 5.75 Å². The van der Waals surface area contributed by atoms with Crippen molar-refractivity contribution >= 4 is 5.91 Å². The maximum Gasteiger partial charge on any atom is 0.234 e. The Bertz CT molecular complexity index is 644. The van der Waals surface area contributed by atoms with Gasteiger partial charge in [0.1, 0.15) is 11.6 Å². The second-order valence-electron chi connectivity index (χ2n) is 5.43. The minimum Gasteiger partial charge on any atom is -0.497 e. The fourth-order valence-electron chi connectivity index (χ4n) is 2.25. The summed E-state index contributed by atoms with van der Waals surface area (Å²) in [5.41, 5.74) is 1.85. The molecule has 0 saturated carbocycles. The highest BCUT2D eigenvalue weighted by molar-refractivity contribution is 5.77. The molecule has 0 spiro atoms. The van der Waals surface area contributed by atoms with Crippen LogP contribution >= 0.6 is 0 Å². The van der Waals surface area contributed by atoms with Crippen molar-refractivity contribution < 1.29 is 13.9 Å². The van der Waals surface area contributed by atoms with Gasteiger partial charge in [-0.2, -0.15) is 0 Å². The highest BCUT2D eigenvalue weighted by Gasteiger charge is 2.07. The number of carbonyl (C=O) groups excluding carboxylic acids is 1. The van der Waals surface area contributed by atoms with Gasteiger partial charge in [0.2, 0.25) is 5.91 Å². The van der Waals surface area contributed by atoms with Gasteiger partial charge in [-0.25, -0.2) is 4.39 Å². The van der Waals surface area contributed by atoms with E-state index in [2.05, 4.69) is 5.32 Å². The van der Waals surface area contributed by atoms with Gasteiger partial charge in [0.25, 0.3) is 0 Å². The Labute approximate surface area is 135 Å². The van der Waals surface area contributed by atoms with Gasteiger partial charge in [-0.1, -0.05) is 24.3 Å². The number of hydrogen-bond donors (Lipinski definition) is 1. The molecule has 0 unspecified atom stereocenters. The van der Waals surface area contributed by atoms with E-state index in [0.717, 1.165) is 16.9 Å². The molecule has 2 rings (SSSR count). The summed E-state index contributed by atoms with van der Waals surface area (Å²) in [5.74, 6) is 0.453. The summed E-state index contributed by atoms with van der Waals surface area (Å²) in [6, 6.07) is 13.9. The van der Waals surface area contributed by atoms with Crippen molar-refractivity contribution in [2.45, 2.75) is 13.1 Å². The Morgan fingerprint density at radius 3 is 2.57 bits per heavy atom. The largest absolute Gasteiger partial charge is 0.497 e.